The third-order valence-corrected chi connectivity index (χ3v) is 7.22. The van der Waals surface area contributed by atoms with Crippen molar-refractivity contribution in [3.05, 3.63) is 75.2 Å². The maximum atomic E-state index is 12.7. The van der Waals surface area contributed by atoms with Crippen molar-refractivity contribution < 1.29 is 4.79 Å². The first-order chi connectivity index (χ1) is 15.6. The molecule has 1 aromatic carbocycles. The Morgan fingerprint density at radius 3 is 2.84 bits per heavy atom. The number of rotatable bonds is 6. The maximum absolute atomic E-state index is 12.7. The number of carbonyl (C=O) groups excluding carboxylic acids is 1. The number of amides is 1. The van der Waals surface area contributed by atoms with Crippen molar-refractivity contribution in [1.29, 1.82) is 0 Å². The highest BCUT2D eigenvalue weighted by atomic mass is 32.1. The molecule has 0 fully saturated rings. The molecule has 32 heavy (non-hydrogen) atoms. The van der Waals surface area contributed by atoms with Crippen molar-refractivity contribution in [1.82, 2.24) is 24.8 Å². The second-order valence-corrected chi connectivity index (χ2v) is 9.34. The van der Waals surface area contributed by atoms with Gasteiger partial charge in [-0.05, 0) is 55.9 Å². The molecule has 1 amide bonds. The highest BCUT2D eigenvalue weighted by Crippen LogP contribution is 2.33. The van der Waals surface area contributed by atoms with Crippen molar-refractivity contribution in [2.45, 2.75) is 51.5 Å². The number of hydrogen-bond acceptors (Lipinski definition) is 5. The van der Waals surface area contributed by atoms with E-state index in [0.717, 1.165) is 40.7 Å². The van der Waals surface area contributed by atoms with E-state index in [1.807, 2.05) is 42.0 Å². The summed E-state index contributed by atoms with van der Waals surface area (Å²) >= 11 is 1.63. The van der Waals surface area contributed by atoms with Crippen LogP contribution < -0.4 is 10.9 Å². The van der Waals surface area contributed by atoms with Crippen LogP contribution in [0.4, 0.5) is 0 Å². The number of benzene rings is 1. The Bertz CT molecular complexity index is 1300. The van der Waals surface area contributed by atoms with Crippen LogP contribution in [0.2, 0.25) is 0 Å². The van der Waals surface area contributed by atoms with Crippen molar-refractivity contribution in [3.63, 3.8) is 0 Å². The van der Waals surface area contributed by atoms with Gasteiger partial charge in [0.25, 0.3) is 5.56 Å². The number of aryl methyl sites for hydroxylation is 3. The summed E-state index contributed by atoms with van der Waals surface area (Å²) in [6.07, 6.45) is 10.4. The Morgan fingerprint density at radius 1 is 1.25 bits per heavy atom. The van der Waals surface area contributed by atoms with Crippen LogP contribution in [0, 0.1) is 0 Å². The Kier molecular flexibility index (Phi) is 5.61. The standard InChI is InChI=1S/C24H25N5O2S/c1-15(16-6-8-17(9-7-16)29-13-12-25-14-29)26-21(30)11-10-20-27-23(31)22-18-4-2-3-5-19(18)32-24(22)28-20/h6-9,12-15H,2-5,10-11H2,1H3,(H,26,30)(H,27,28,31). The van der Waals surface area contributed by atoms with Crippen LogP contribution >= 0.6 is 11.3 Å². The number of nitrogens with one attached hydrogen (secondary N) is 2. The SMILES string of the molecule is CC(NC(=O)CCc1nc2sc3c(c2c(=O)[nH]1)CCCC3)c1ccc(-n2ccnc2)cc1. The van der Waals surface area contributed by atoms with Crippen LogP contribution in [0.3, 0.4) is 0 Å². The smallest absolute Gasteiger partial charge is 0.259 e. The largest absolute Gasteiger partial charge is 0.350 e. The molecule has 7 nitrogen and oxygen atoms in total. The van der Waals surface area contributed by atoms with Gasteiger partial charge in [-0.25, -0.2) is 9.97 Å². The molecule has 3 heterocycles. The summed E-state index contributed by atoms with van der Waals surface area (Å²) in [6, 6.07) is 7.91. The van der Waals surface area contributed by atoms with E-state index in [-0.39, 0.29) is 23.9 Å². The minimum absolute atomic E-state index is 0.0654. The van der Waals surface area contributed by atoms with E-state index in [1.165, 1.54) is 16.9 Å². The van der Waals surface area contributed by atoms with E-state index in [0.29, 0.717) is 12.2 Å². The minimum atomic E-state index is -0.113. The molecule has 0 saturated heterocycles. The summed E-state index contributed by atoms with van der Waals surface area (Å²) in [5.74, 6) is 0.512. The Labute approximate surface area is 189 Å². The zero-order valence-corrected chi connectivity index (χ0v) is 18.7. The fourth-order valence-corrected chi connectivity index (χ4v) is 5.58. The number of nitrogens with zero attached hydrogens (tertiary/aromatic N) is 3. The zero-order chi connectivity index (χ0) is 22.1. The highest BCUT2D eigenvalue weighted by Gasteiger charge is 2.20. The lowest BCUT2D eigenvalue weighted by atomic mass is 9.97. The van der Waals surface area contributed by atoms with E-state index in [2.05, 4.69) is 20.3 Å². The number of aromatic nitrogens is 4. The predicted molar refractivity (Wildman–Crippen MR) is 125 cm³/mol. The van der Waals surface area contributed by atoms with Crippen molar-refractivity contribution >= 4 is 27.5 Å². The number of H-pyrrole nitrogens is 1. The predicted octanol–water partition coefficient (Wildman–Crippen LogP) is 3.86. The lowest BCUT2D eigenvalue weighted by molar-refractivity contribution is -0.121. The first-order valence-corrected chi connectivity index (χ1v) is 11.8. The lowest BCUT2D eigenvalue weighted by Crippen LogP contribution is -2.27. The number of aromatic amines is 1. The first kappa shape index (κ1) is 20.6. The second-order valence-electron chi connectivity index (χ2n) is 8.25. The van der Waals surface area contributed by atoms with E-state index in [4.69, 9.17) is 0 Å². The third-order valence-electron chi connectivity index (χ3n) is 6.04. The van der Waals surface area contributed by atoms with E-state index >= 15 is 0 Å². The molecule has 0 saturated carbocycles. The molecule has 1 atom stereocenters. The van der Waals surface area contributed by atoms with Crippen molar-refractivity contribution in [2.24, 2.45) is 0 Å². The molecular weight excluding hydrogens is 422 g/mol. The number of imidazole rings is 1. The molecule has 2 N–H and O–H groups in total. The summed E-state index contributed by atoms with van der Waals surface area (Å²) in [6.45, 7) is 1.96. The number of hydrogen-bond donors (Lipinski definition) is 2. The highest BCUT2D eigenvalue weighted by molar-refractivity contribution is 7.18. The first-order valence-electron chi connectivity index (χ1n) is 11.0. The van der Waals surface area contributed by atoms with Crippen LogP contribution in [0.1, 0.15) is 54.1 Å². The van der Waals surface area contributed by atoms with Crippen LogP contribution in [-0.2, 0) is 24.1 Å². The monoisotopic (exact) mass is 447 g/mol. The van der Waals surface area contributed by atoms with Gasteiger partial charge in [-0.15, -0.1) is 11.3 Å². The molecule has 8 heteroatoms. The average molecular weight is 448 g/mol. The van der Waals surface area contributed by atoms with Gasteiger partial charge in [0.15, 0.2) is 0 Å². The Morgan fingerprint density at radius 2 is 2.06 bits per heavy atom. The molecule has 0 aliphatic heterocycles. The lowest BCUT2D eigenvalue weighted by Gasteiger charge is -2.15. The molecule has 0 bridgehead atoms. The molecular formula is C24H25N5O2S. The number of carbonyl (C=O) groups is 1. The van der Waals surface area contributed by atoms with Gasteiger partial charge in [-0.2, -0.15) is 0 Å². The molecule has 1 aliphatic rings. The normalized spacial score (nSPS) is 14.3. The fraction of sp³-hybridized carbons (Fsp3) is 0.333. The summed E-state index contributed by atoms with van der Waals surface area (Å²) in [5, 5.41) is 3.79. The van der Waals surface area contributed by atoms with Gasteiger partial charge in [0.1, 0.15) is 10.7 Å². The Hall–Kier alpha value is -3.26. The summed E-state index contributed by atoms with van der Waals surface area (Å²) in [4.78, 5) is 38.9. The van der Waals surface area contributed by atoms with Crippen molar-refractivity contribution in [3.8, 4) is 5.69 Å². The van der Waals surface area contributed by atoms with E-state index in [9.17, 15) is 9.59 Å². The summed E-state index contributed by atoms with van der Waals surface area (Å²) in [7, 11) is 0. The summed E-state index contributed by atoms with van der Waals surface area (Å²) < 4.78 is 1.93. The molecule has 1 unspecified atom stereocenters. The Balaban J connectivity index is 1.22. The molecule has 5 rings (SSSR count). The molecule has 1 aliphatic carbocycles. The molecule has 3 aromatic heterocycles. The van der Waals surface area contributed by atoms with E-state index in [1.54, 1.807) is 23.9 Å². The maximum Gasteiger partial charge on any atom is 0.259 e. The van der Waals surface area contributed by atoms with Gasteiger partial charge in [-0.1, -0.05) is 12.1 Å². The quantitative estimate of drug-likeness (QED) is 0.469. The van der Waals surface area contributed by atoms with Gasteiger partial charge in [0.05, 0.1) is 17.8 Å². The molecule has 164 valence electrons. The fourth-order valence-electron chi connectivity index (χ4n) is 4.30. The summed E-state index contributed by atoms with van der Waals surface area (Å²) in [5.41, 5.74) is 3.16. The van der Waals surface area contributed by atoms with Crippen molar-refractivity contribution in [2.75, 3.05) is 0 Å². The van der Waals surface area contributed by atoms with Crippen LogP contribution in [-0.4, -0.2) is 25.4 Å². The van der Waals surface area contributed by atoms with Crippen LogP contribution in [0.25, 0.3) is 15.9 Å². The van der Waals surface area contributed by atoms with Gasteiger partial charge < -0.3 is 14.9 Å². The van der Waals surface area contributed by atoms with E-state index < -0.39 is 0 Å². The van der Waals surface area contributed by atoms with Crippen LogP contribution in [0.5, 0.6) is 0 Å². The van der Waals surface area contributed by atoms with Gasteiger partial charge in [0, 0.05) is 35.8 Å². The topological polar surface area (TPSA) is 92.7 Å². The van der Waals surface area contributed by atoms with Crippen LogP contribution in [0.15, 0.2) is 47.8 Å². The van der Waals surface area contributed by atoms with Gasteiger partial charge in [-0.3, -0.25) is 9.59 Å². The van der Waals surface area contributed by atoms with Gasteiger partial charge >= 0.3 is 0 Å². The zero-order valence-electron chi connectivity index (χ0n) is 17.9. The second kappa shape index (κ2) is 8.70. The molecule has 0 spiro atoms. The number of thiophene rings is 1. The molecule has 0 radical (unpaired) electrons. The third kappa shape index (κ3) is 4.10. The van der Waals surface area contributed by atoms with Gasteiger partial charge in [0.2, 0.25) is 5.91 Å². The average Bonchev–Trinajstić information content (AvgIpc) is 3.46. The molecule has 4 aromatic rings. The minimum Gasteiger partial charge on any atom is -0.350 e. The number of fused-ring (bicyclic) bond motifs is 3.